The summed E-state index contributed by atoms with van der Waals surface area (Å²) in [5.74, 6) is -0.390. The summed E-state index contributed by atoms with van der Waals surface area (Å²) in [6, 6.07) is 14.5. The van der Waals surface area contributed by atoms with Crippen LogP contribution in [0, 0.1) is 0 Å². The van der Waals surface area contributed by atoms with E-state index < -0.39 is 5.97 Å². The van der Waals surface area contributed by atoms with Gasteiger partial charge in [-0.1, -0.05) is 23.7 Å². The van der Waals surface area contributed by atoms with Crippen molar-refractivity contribution in [1.29, 1.82) is 0 Å². The third-order valence-corrected chi connectivity index (χ3v) is 5.42. The minimum Gasteiger partial charge on any atom is -0.497 e. The van der Waals surface area contributed by atoms with Crippen LogP contribution in [-0.4, -0.2) is 38.7 Å². The van der Waals surface area contributed by atoms with E-state index >= 15 is 0 Å². The number of methoxy groups -OCH3 is 1. The van der Waals surface area contributed by atoms with Crippen LogP contribution in [0.3, 0.4) is 0 Å². The lowest BCUT2D eigenvalue weighted by molar-refractivity contribution is -0.117. The Morgan fingerprint density at radius 3 is 2.50 bits per heavy atom. The number of nitrogens with zero attached hydrogens (tertiary/aromatic N) is 3. The number of fused-ring (bicyclic) bond motifs is 1. The van der Waals surface area contributed by atoms with Crippen molar-refractivity contribution in [2.24, 2.45) is 0 Å². The summed E-state index contributed by atoms with van der Waals surface area (Å²) >= 11 is 6.46. The molecule has 0 fully saturated rings. The molecule has 0 amide bonds. The molecule has 1 N–H and O–H groups in total. The molecule has 162 valence electrons. The van der Waals surface area contributed by atoms with Crippen LogP contribution in [0.25, 0.3) is 10.9 Å². The first-order valence-electron chi connectivity index (χ1n) is 9.89. The zero-order valence-electron chi connectivity index (χ0n) is 17.3. The van der Waals surface area contributed by atoms with Crippen LogP contribution in [0.5, 0.6) is 5.75 Å². The van der Waals surface area contributed by atoms with Gasteiger partial charge < -0.3 is 9.84 Å². The average molecular weight is 450 g/mol. The second-order valence-corrected chi connectivity index (χ2v) is 7.81. The Balaban J connectivity index is 1.54. The highest BCUT2D eigenvalue weighted by Crippen LogP contribution is 2.27. The predicted octanol–water partition coefficient (Wildman–Crippen LogP) is 4.19. The smallest absolute Gasteiger partial charge is 0.354 e. The molecule has 2 aromatic heterocycles. The molecular formula is C24H20ClN3O4. The number of aromatic carboxylic acids is 1. The molecule has 32 heavy (non-hydrogen) atoms. The zero-order chi connectivity index (χ0) is 22.7. The predicted molar refractivity (Wildman–Crippen MR) is 120 cm³/mol. The van der Waals surface area contributed by atoms with Gasteiger partial charge in [0.2, 0.25) is 0 Å². The molecule has 0 bridgehead atoms. The van der Waals surface area contributed by atoms with Gasteiger partial charge in [-0.15, -0.1) is 0 Å². The Labute approximate surface area is 189 Å². The van der Waals surface area contributed by atoms with E-state index in [1.54, 1.807) is 25.4 Å². The maximum Gasteiger partial charge on any atom is 0.354 e. The molecule has 0 saturated carbocycles. The van der Waals surface area contributed by atoms with Gasteiger partial charge in [-0.05, 0) is 53.1 Å². The summed E-state index contributed by atoms with van der Waals surface area (Å²) in [6.07, 6.45) is 3.40. The van der Waals surface area contributed by atoms with E-state index in [0.717, 1.165) is 27.8 Å². The number of ether oxygens (including phenoxy) is 1. The van der Waals surface area contributed by atoms with Crippen molar-refractivity contribution in [2.75, 3.05) is 7.11 Å². The number of carbonyl (C=O) groups is 2. The van der Waals surface area contributed by atoms with Crippen molar-refractivity contribution in [1.82, 2.24) is 14.8 Å². The molecule has 8 heteroatoms. The van der Waals surface area contributed by atoms with Crippen LogP contribution in [0.15, 0.2) is 60.9 Å². The van der Waals surface area contributed by atoms with E-state index in [0.29, 0.717) is 17.1 Å². The first kappa shape index (κ1) is 21.5. The summed E-state index contributed by atoms with van der Waals surface area (Å²) in [4.78, 5) is 27.5. The SMILES string of the molecule is COc1ccc(Cn2ncc3c(Cl)cc(CC(=O)Cc4ccnc(C(=O)O)c4)cc32)cc1. The molecule has 2 heterocycles. The van der Waals surface area contributed by atoms with Crippen molar-refractivity contribution in [2.45, 2.75) is 19.4 Å². The first-order chi connectivity index (χ1) is 15.4. The van der Waals surface area contributed by atoms with Crippen LogP contribution >= 0.6 is 11.6 Å². The molecule has 2 aromatic carbocycles. The van der Waals surface area contributed by atoms with Crippen molar-refractivity contribution < 1.29 is 19.4 Å². The van der Waals surface area contributed by atoms with Gasteiger partial charge in [0.05, 0.1) is 30.4 Å². The summed E-state index contributed by atoms with van der Waals surface area (Å²) in [7, 11) is 1.63. The normalized spacial score (nSPS) is 10.9. The Morgan fingerprint density at radius 1 is 1.03 bits per heavy atom. The zero-order valence-corrected chi connectivity index (χ0v) is 18.0. The van der Waals surface area contributed by atoms with Crippen molar-refractivity contribution >= 4 is 34.3 Å². The number of carbonyl (C=O) groups excluding carboxylic acids is 1. The van der Waals surface area contributed by atoms with Gasteiger partial charge in [-0.2, -0.15) is 5.10 Å². The van der Waals surface area contributed by atoms with Crippen LogP contribution in [0.1, 0.15) is 27.2 Å². The van der Waals surface area contributed by atoms with E-state index in [4.69, 9.17) is 21.4 Å². The summed E-state index contributed by atoms with van der Waals surface area (Å²) in [5, 5.41) is 14.9. The fraction of sp³-hybridized carbons (Fsp3) is 0.167. The van der Waals surface area contributed by atoms with Gasteiger partial charge in [0.25, 0.3) is 0 Å². The second-order valence-electron chi connectivity index (χ2n) is 7.41. The van der Waals surface area contributed by atoms with E-state index in [-0.39, 0.29) is 24.3 Å². The quantitative estimate of drug-likeness (QED) is 0.433. The number of hydrogen-bond donors (Lipinski definition) is 1. The van der Waals surface area contributed by atoms with Gasteiger partial charge in [0.1, 0.15) is 17.2 Å². The number of benzene rings is 2. The highest BCUT2D eigenvalue weighted by Gasteiger charge is 2.13. The molecular weight excluding hydrogens is 430 g/mol. The number of ketones is 1. The lowest BCUT2D eigenvalue weighted by Crippen LogP contribution is -2.09. The molecule has 0 atom stereocenters. The minimum absolute atomic E-state index is 0.0517. The maximum absolute atomic E-state index is 12.6. The van der Waals surface area contributed by atoms with Crippen molar-refractivity contribution in [3.05, 3.63) is 88.3 Å². The lowest BCUT2D eigenvalue weighted by atomic mass is 10.0. The number of carboxylic acids is 1. The van der Waals surface area contributed by atoms with E-state index in [9.17, 15) is 9.59 Å². The summed E-state index contributed by atoms with van der Waals surface area (Å²) in [5.41, 5.74) is 3.20. The molecule has 4 aromatic rings. The molecule has 0 aliphatic carbocycles. The van der Waals surface area contributed by atoms with Gasteiger partial charge in [-0.25, -0.2) is 9.78 Å². The third kappa shape index (κ3) is 4.78. The summed E-state index contributed by atoms with van der Waals surface area (Å²) in [6.45, 7) is 0.552. The molecule has 0 unspecified atom stereocenters. The number of aromatic nitrogens is 3. The Morgan fingerprint density at radius 2 is 1.78 bits per heavy atom. The molecule has 4 rings (SSSR count). The standard InChI is InChI=1S/C24H20ClN3O4/c1-32-19-4-2-15(3-5-19)14-28-23-12-17(10-21(25)20(23)13-27-28)9-18(29)8-16-6-7-26-22(11-16)24(30)31/h2-7,10-13H,8-9,14H2,1H3,(H,30,31). The number of Topliss-reactive ketones (excluding diaryl/α,β-unsaturated/α-hetero) is 1. The highest BCUT2D eigenvalue weighted by atomic mass is 35.5. The Kier molecular flexibility index (Phi) is 6.18. The molecule has 0 aliphatic rings. The first-order valence-corrected chi connectivity index (χ1v) is 10.3. The fourth-order valence-corrected chi connectivity index (χ4v) is 3.83. The van der Waals surface area contributed by atoms with Crippen molar-refractivity contribution in [3.63, 3.8) is 0 Å². The highest BCUT2D eigenvalue weighted by molar-refractivity contribution is 6.35. The number of hydrogen-bond acceptors (Lipinski definition) is 5. The van der Waals surface area contributed by atoms with E-state index in [2.05, 4.69) is 10.1 Å². The second kappa shape index (κ2) is 9.20. The number of carboxylic acid groups (broad SMARTS) is 1. The van der Waals surface area contributed by atoms with Crippen LogP contribution < -0.4 is 4.74 Å². The number of halogens is 1. The minimum atomic E-state index is -1.12. The van der Waals surface area contributed by atoms with E-state index in [1.807, 2.05) is 35.0 Å². The Hall–Kier alpha value is -3.71. The summed E-state index contributed by atoms with van der Waals surface area (Å²) < 4.78 is 7.05. The van der Waals surface area contributed by atoms with Gasteiger partial charge >= 0.3 is 5.97 Å². The molecule has 0 aliphatic heterocycles. The van der Waals surface area contributed by atoms with Gasteiger partial charge in [0, 0.05) is 24.4 Å². The van der Waals surface area contributed by atoms with E-state index in [1.165, 1.54) is 12.3 Å². The fourth-order valence-electron chi connectivity index (χ4n) is 3.54. The third-order valence-electron chi connectivity index (χ3n) is 5.11. The van der Waals surface area contributed by atoms with Crippen LogP contribution in [0.4, 0.5) is 0 Å². The lowest BCUT2D eigenvalue weighted by Gasteiger charge is -2.08. The average Bonchev–Trinajstić information content (AvgIpc) is 3.17. The molecule has 0 radical (unpaired) electrons. The number of rotatable bonds is 8. The monoisotopic (exact) mass is 449 g/mol. The topological polar surface area (TPSA) is 94.3 Å². The van der Waals surface area contributed by atoms with Crippen LogP contribution in [-0.2, 0) is 24.2 Å². The number of pyridine rings is 1. The molecule has 7 nitrogen and oxygen atoms in total. The van der Waals surface area contributed by atoms with Gasteiger partial charge in [-0.3, -0.25) is 9.48 Å². The largest absolute Gasteiger partial charge is 0.497 e. The molecule has 0 spiro atoms. The van der Waals surface area contributed by atoms with Crippen molar-refractivity contribution in [3.8, 4) is 5.75 Å². The molecule has 0 saturated heterocycles. The van der Waals surface area contributed by atoms with Crippen LogP contribution in [0.2, 0.25) is 5.02 Å². The maximum atomic E-state index is 12.6. The Bertz CT molecular complexity index is 1300. The van der Waals surface area contributed by atoms with Gasteiger partial charge in [0.15, 0.2) is 0 Å².